The third-order valence-electron chi connectivity index (χ3n) is 2.18. The van der Waals surface area contributed by atoms with E-state index in [-0.39, 0.29) is 18.3 Å². The van der Waals surface area contributed by atoms with Crippen LogP contribution in [0.4, 0.5) is 11.4 Å². The Morgan fingerprint density at radius 3 is 2.45 bits per heavy atom. The van der Waals surface area contributed by atoms with Crippen LogP contribution in [0.15, 0.2) is 18.2 Å². The van der Waals surface area contributed by atoms with Crippen molar-refractivity contribution in [3.63, 3.8) is 0 Å². The van der Waals surface area contributed by atoms with E-state index in [1.54, 1.807) is 13.0 Å². The maximum Gasteiger partial charge on any atom is 0.241 e. The van der Waals surface area contributed by atoms with Gasteiger partial charge in [0.25, 0.3) is 0 Å². The zero-order valence-corrected chi connectivity index (χ0v) is 13.0. The predicted octanol–water partition coefficient (Wildman–Crippen LogP) is 0.774. The number of carbonyl (C=O) groups excluding carboxylic acids is 1. The van der Waals surface area contributed by atoms with Crippen molar-refractivity contribution >= 4 is 39.7 Å². The van der Waals surface area contributed by atoms with Crippen molar-refractivity contribution < 1.29 is 17.9 Å². The topological polar surface area (TPSA) is 111 Å². The number of ether oxygens (including phenoxy) is 1. The minimum atomic E-state index is -3.40. The van der Waals surface area contributed by atoms with Gasteiger partial charge < -0.3 is 15.8 Å². The number of halogens is 1. The van der Waals surface area contributed by atoms with Gasteiger partial charge in [0, 0.05) is 11.8 Å². The Hall–Kier alpha value is -1.51. The van der Waals surface area contributed by atoms with E-state index in [0.29, 0.717) is 17.1 Å². The molecule has 1 rings (SSSR count). The van der Waals surface area contributed by atoms with Crippen LogP contribution in [0.5, 0.6) is 5.75 Å². The molecule has 1 amide bonds. The molecular formula is C11H18ClN3O4S. The van der Waals surface area contributed by atoms with Gasteiger partial charge in [-0.05, 0) is 19.1 Å². The lowest BCUT2D eigenvalue weighted by atomic mass is 10.2. The Bertz CT molecular complexity index is 575. The zero-order chi connectivity index (χ0) is 14.6. The fraction of sp³-hybridized carbons (Fsp3) is 0.364. The Kier molecular flexibility index (Phi) is 6.77. The van der Waals surface area contributed by atoms with E-state index in [1.165, 1.54) is 19.2 Å². The lowest BCUT2D eigenvalue weighted by Gasteiger charge is -2.13. The van der Waals surface area contributed by atoms with Crippen molar-refractivity contribution in [1.29, 1.82) is 0 Å². The number of nitrogens with one attached hydrogen (secondary N) is 2. The summed E-state index contributed by atoms with van der Waals surface area (Å²) < 4.78 is 29.7. The van der Waals surface area contributed by atoms with Gasteiger partial charge in [-0.1, -0.05) is 0 Å². The van der Waals surface area contributed by atoms with E-state index < -0.39 is 16.1 Å². The molecule has 1 aromatic carbocycles. The summed E-state index contributed by atoms with van der Waals surface area (Å²) in [6.45, 7) is 1.56. The largest absolute Gasteiger partial charge is 0.494 e. The number of amides is 1. The highest BCUT2D eigenvalue weighted by Crippen LogP contribution is 2.28. The van der Waals surface area contributed by atoms with Crippen LogP contribution in [0.2, 0.25) is 0 Å². The minimum absolute atomic E-state index is 0. The average molecular weight is 324 g/mol. The SMILES string of the molecule is COc1cc(NC(=O)[C@H](C)N)ccc1NS(C)(=O)=O.Cl. The Balaban J connectivity index is 0.00000361. The van der Waals surface area contributed by atoms with Crippen molar-refractivity contribution in [2.24, 2.45) is 5.73 Å². The summed E-state index contributed by atoms with van der Waals surface area (Å²) in [6.07, 6.45) is 1.04. The zero-order valence-electron chi connectivity index (χ0n) is 11.3. The van der Waals surface area contributed by atoms with Gasteiger partial charge in [0.05, 0.1) is 25.1 Å². The Morgan fingerprint density at radius 2 is 2.00 bits per heavy atom. The summed E-state index contributed by atoms with van der Waals surface area (Å²) in [6, 6.07) is 3.92. The minimum Gasteiger partial charge on any atom is -0.494 e. The number of hydrogen-bond acceptors (Lipinski definition) is 5. The predicted molar refractivity (Wildman–Crippen MR) is 81.0 cm³/mol. The fourth-order valence-electron chi connectivity index (χ4n) is 1.31. The third kappa shape index (κ3) is 5.64. The molecule has 0 saturated heterocycles. The third-order valence-corrected chi connectivity index (χ3v) is 2.77. The Morgan fingerprint density at radius 1 is 1.40 bits per heavy atom. The summed E-state index contributed by atoms with van der Waals surface area (Å²) in [4.78, 5) is 11.4. The summed E-state index contributed by atoms with van der Waals surface area (Å²) in [5.74, 6) is -0.0428. The van der Waals surface area contributed by atoms with Gasteiger partial charge in [-0.25, -0.2) is 8.42 Å². The highest BCUT2D eigenvalue weighted by atomic mass is 35.5. The van der Waals surface area contributed by atoms with Gasteiger partial charge in [0.2, 0.25) is 15.9 Å². The van der Waals surface area contributed by atoms with Crippen LogP contribution in [0.3, 0.4) is 0 Å². The van der Waals surface area contributed by atoms with Crippen molar-refractivity contribution in [3.8, 4) is 5.75 Å². The van der Waals surface area contributed by atoms with Crippen LogP contribution in [0.25, 0.3) is 0 Å². The number of carbonyl (C=O) groups is 1. The van der Waals surface area contributed by atoms with Crippen LogP contribution in [-0.2, 0) is 14.8 Å². The second kappa shape index (κ2) is 7.32. The molecule has 7 nitrogen and oxygen atoms in total. The number of nitrogens with two attached hydrogens (primary N) is 1. The van der Waals surface area contributed by atoms with Crippen molar-refractivity contribution in [1.82, 2.24) is 0 Å². The molecule has 0 heterocycles. The van der Waals surface area contributed by atoms with Gasteiger partial charge in [0.1, 0.15) is 5.75 Å². The average Bonchev–Trinajstić information content (AvgIpc) is 2.29. The molecule has 0 spiro atoms. The van der Waals surface area contributed by atoms with Gasteiger partial charge in [-0.2, -0.15) is 0 Å². The molecule has 0 aliphatic rings. The molecule has 9 heteroatoms. The van der Waals surface area contributed by atoms with E-state index >= 15 is 0 Å². The molecule has 1 atom stereocenters. The molecule has 1 aromatic rings. The lowest BCUT2D eigenvalue weighted by molar-refractivity contribution is -0.117. The van der Waals surface area contributed by atoms with E-state index in [0.717, 1.165) is 6.26 Å². The molecule has 0 aliphatic heterocycles. The van der Waals surface area contributed by atoms with Crippen LogP contribution < -0.4 is 20.5 Å². The second-order valence-electron chi connectivity index (χ2n) is 4.07. The van der Waals surface area contributed by atoms with Gasteiger partial charge in [0.15, 0.2) is 0 Å². The number of methoxy groups -OCH3 is 1. The highest BCUT2D eigenvalue weighted by molar-refractivity contribution is 7.92. The number of anilines is 2. The normalized spacial score (nSPS) is 12.0. The number of sulfonamides is 1. The quantitative estimate of drug-likeness (QED) is 0.741. The molecule has 0 fully saturated rings. The first-order chi connectivity index (χ1) is 8.73. The first-order valence-electron chi connectivity index (χ1n) is 5.45. The molecule has 20 heavy (non-hydrogen) atoms. The van der Waals surface area contributed by atoms with Gasteiger partial charge in [-0.15, -0.1) is 12.4 Å². The molecule has 114 valence electrons. The monoisotopic (exact) mass is 323 g/mol. The maximum atomic E-state index is 11.4. The number of benzene rings is 1. The van der Waals surface area contributed by atoms with E-state index in [4.69, 9.17) is 10.5 Å². The van der Waals surface area contributed by atoms with Crippen molar-refractivity contribution in [2.45, 2.75) is 13.0 Å². The molecule has 0 bridgehead atoms. The van der Waals surface area contributed by atoms with E-state index in [9.17, 15) is 13.2 Å². The molecule has 0 aliphatic carbocycles. The van der Waals surface area contributed by atoms with Crippen LogP contribution in [0.1, 0.15) is 6.92 Å². The van der Waals surface area contributed by atoms with Crippen molar-refractivity contribution in [3.05, 3.63) is 18.2 Å². The standard InChI is InChI=1S/C11H17N3O4S.ClH/c1-7(12)11(15)13-8-4-5-9(10(6-8)18-2)14-19(3,16)17;/h4-7,14H,12H2,1-3H3,(H,13,15);1H/t7-;/m0./s1. The fourth-order valence-corrected chi connectivity index (χ4v) is 1.88. The lowest BCUT2D eigenvalue weighted by Crippen LogP contribution is -2.32. The summed E-state index contributed by atoms with van der Waals surface area (Å²) >= 11 is 0. The van der Waals surface area contributed by atoms with E-state index in [1.807, 2.05) is 0 Å². The van der Waals surface area contributed by atoms with Gasteiger partial charge >= 0.3 is 0 Å². The van der Waals surface area contributed by atoms with Crippen LogP contribution in [-0.4, -0.2) is 33.7 Å². The molecule has 4 N–H and O–H groups in total. The summed E-state index contributed by atoms with van der Waals surface area (Å²) in [7, 11) is -1.99. The molecule has 0 aromatic heterocycles. The molecule has 0 unspecified atom stereocenters. The molecule has 0 radical (unpaired) electrons. The van der Waals surface area contributed by atoms with Gasteiger partial charge in [-0.3, -0.25) is 9.52 Å². The highest BCUT2D eigenvalue weighted by Gasteiger charge is 2.12. The second-order valence-corrected chi connectivity index (χ2v) is 5.82. The van der Waals surface area contributed by atoms with E-state index in [2.05, 4.69) is 10.0 Å². The number of hydrogen-bond donors (Lipinski definition) is 3. The number of rotatable bonds is 5. The Labute approximate surface area is 124 Å². The first-order valence-corrected chi connectivity index (χ1v) is 7.34. The smallest absolute Gasteiger partial charge is 0.241 e. The maximum absolute atomic E-state index is 11.4. The van der Waals surface area contributed by atoms with Crippen LogP contribution >= 0.6 is 12.4 Å². The molecule has 0 saturated carbocycles. The molecular weight excluding hydrogens is 306 g/mol. The van der Waals surface area contributed by atoms with Crippen molar-refractivity contribution in [2.75, 3.05) is 23.4 Å². The first kappa shape index (κ1) is 18.5. The summed E-state index contributed by atoms with van der Waals surface area (Å²) in [5.41, 5.74) is 6.20. The van der Waals surface area contributed by atoms with Crippen LogP contribution in [0, 0.1) is 0 Å². The summed E-state index contributed by atoms with van der Waals surface area (Å²) in [5, 5.41) is 2.58.